The molecular formula is C16H21NO3. The minimum Gasteiger partial charge on any atom is -0.478 e. The molecule has 0 aliphatic heterocycles. The van der Waals surface area contributed by atoms with Crippen molar-refractivity contribution in [3.63, 3.8) is 0 Å². The van der Waals surface area contributed by atoms with Crippen LogP contribution in [-0.2, 0) is 11.2 Å². The number of amides is 1. The first-order chi connectivity index (χ1) is 9.58. The van der Waals surface area contributed by atoms with Gasteiger partial charge in [0.25, 0.3) is 0 Å². The highest BCUT2D eigenvalue weighted by Crippen LogP contribution is 2.32. The van der Waals surface area contributed by atoms with Crippen LogP contribution in [-0.4, -0.2) is 35.5 Å². The van der Waals surface area contributed by atoms with E-state index in [1.165, 1.54) is 12.8 Å². The zero-order chi connectivity index (χ0) is 14.5. The van der Waals surface area contributed by atoms with E-state index in [-0.39, 0.29) is 5.91 Å². The Morgan fingerprint density at radius 1 is 1.30 bits per heavy atom. The fourth-order valence-electron chi connectivity index (χ4n) is 2.29. The summed E-state index contributed by atoms with van der Waals surface area (Å²) in [4.78, 5) is 24.9. The largest absolute Gasteiger partial charge is 0.478 e. The van der Waals surface area contributed by atoms with Crippen LogP contribution in [0.2, 0.25) is 0 Å². The Balaban J connectivity index is 1.84. The first-order valence-corrected chi connectivity index (χ1v) is 7.13. The number of carbonyl (C=O) groups excluding carboxylic acids is 1. The number of hydrogen-bond acceptors (Lipinski definition) is 2. The predicted octanol–water partition coefficient (Wildman–Crippen LogP) is 2.58. The van der Waals surface area contributed by atoms with Gasteiger partial charge < -0.3 is 10.0 Å². The van der Waals surface area contributed by atoms with Crippen molar-refractivity contribution in [2.75, 3.05) is 13.6 Å². The number of rotatable bonds is 7. The smallest absolute Gasteiger partial charge is 0.335 e. The molecule has 1 aliphatic carbocycles. The molecule has 0 atom stereocenters. The van der Waals surface area contributed by atoms with Crippen molar-refractivity contribution in [1.29, 1.82) is 0 Å². The number of carboxylic acid groups (broad SMARTS) is 1. The Bertz CT molecular complexity index is 494. The van der Waals surface area contributed by atoms with Crippen LogP contribution in [0.1, 0.15) is 41.6 Å². The topological polar surface area (TPSA) is 57.6 Å². The van der Waals surface area contributed by atoms with Crippen LogP contribution >= 0.6 is 0 Å². The van der Waals surface area contributed by atoms with Gasteiger partial charge in [-0.05, 0) is 30.4 Å². The Morgan fingerprint density at radius 3 is 2.65 bits per heavy atom. The second-order valence-electron chi connectivity index (χ2n) is 5.51. The molecule has 1 fully saturated rings. The SMILES string of the molecule is CN(CCC1CC1)C(=O)CCc1ccccc1C(=O)O. The molecule has 1 amide bonds. The average molecular weight is 275 g/mol. The molecule has 1 aliphatic rings. The molecule has 1 N–H and O–H groups in total. The number of benzene rings is 1. The van der Waals surface area contributed by atoms with Gasteiger partial charge in [0.05, 0.1) is 5.56 Å². The lowest BCUT2D eigenvalue weighted by molar-refractivity contribution is -0.129. The van der Waals surface area contributed by atoms with E-state index in [9.17, 15) is 9.59 Å². The molecule has 0 aromatic heterocycles. The van der Waals surface area contributed by atoms with E-state index in [1.807, 2.05) is 13.1 Å². The molecule has 0 radical (unpaired) electrons. The molecule has 2 rings (SSSR count). The fourth-order valence-corrected chi connectivity index (χ4v) is 2.29. The van der Waals surface area contributed by atoms with Gasteiger partial charge in [0, 0.05) is 20.0 Å². The lowest BCUT2D eigenvalue weighted by atomic mass is 10.0. The summed E-state index contributed by atoms with van der Waals surface area (Å²) in [6.07, 6.45) is 4.54. The number of hydrogen-bond donors (Lipinski definition) is 1. The summed E-state index contributed by atoms with van der Waals surface area (Å²) < 4.78 is 0. The van der Waals surface area contributed by atoms with Gasteiger partial charge in [-0.3, -0.25) is 4.79 Å². The molecule has 108 valence electrons. The van der Waals surface area contributed by atoms with Gasteiger partial charge in [0.1, 0.15) is 0 Å². The molecular weight excluding hydrogens is 254 g/mol. The molecule has 4 nitrogen and oxygen atoms in total. The summed E-state index contributed by atoms with van der Waals surface area (Å²) in [6, 6.07) is 6.87. The van der Waals surface area contributed by atoms with Gasteiger partial charge in [0.15, 0.2) is 0 Å². The third-order valence-corrected chi connectivity index (χ3v) is 3.85. The molecule has 1 saturated carbocycles. The molecule has 1 aromatic rings. The Hall–Kier alpha value is -1.84. The highest BCUT2D eigenvalue weighted by Gasteiger charge is 2.22. The van der Waals surface area contributed by atoms with Gasteiger partial charge in [-0.15, -0.1) is 0 Å². The van der Waals surface area contributed by atoms with E-state index in [2.05, 4.69) is 0 Å². The Labute approximate surface area is 119 Å². The van der Waals surface area contributed by atoms with E-state index in [0.29, 0.717) is 18.4 Å². The van der Waals surface area contributed by atoms with Crippen LogP contribution in [0.5, 0.6) is 0 Å². The summed E-state index contributed by atoms with van der Waals surface area (Å²) in [6.45, 7) is 0.810. The van der Waals surface area contributed by atoms with Crippen LogP contribution < -0.4 is 0 Å². The third-order valence-electron chi connectivity index (χ3n) is 3.85. The zero-order valence-corrected chi connectivity index (χ0v) is 11.8. The van der Waals surface area contributed by atoms with Crippen molar-refractivity contribution >= 4 is 11.9 Å². The first-order valence-electron chi connectivity index (χ1n) is 7.13. The molecule has 0 saturated heterocycles. The normalized spacial score (nSPS) is 14.1. The van der Waals surface area contributed by atoms with Crippen molar-refractivity contribution in [2.24, 2.45) is 5.92 Å². The van der Waals surface area contributed by atoms with E-state index >= 15 is 0 Å². The third kappa shape index (κ3) is 4.08. The van der Waals surface area contributed by atoms with Crippen molar-refractivity contribution in [3.05, 3.63) is 35.4 Å². The van der Waals surface area contributed by atoms with Gasteiger partial charge in [-0.25, -0.2) is 4.79 Å². The van der Waals surface area contributed by atoms with Gasteiger partial charge >= 0.3 is 5.97 Å². The lowest BCUT2D eigenvalue weighted by Gasteiger charge is -2.17. The van der Waals surface area contributed by atoms with E-state index in [0.717, 1.165) is 24.4 Å². The predicted molar refractivity (Wildman–Crippen MR) is 76.7 cm³/mol. The highest BCUT2D eigenvalue weighted by atomic mass is 16.4. The highest BCUT2D eigenvalue weighted by molar-refractivity contribution is 5.89. The van der Waals surface area contributed by atoms with Crippen LogP contribution in [0.3, 0.4) is 0 Å². The minimum atomic E-state index is -0.935. The molecule has 0 bridgehead atoms. The fraction of sp³-hybridized carbons (Fsp3) is 0.500. The zero-order valence-electron chi connectivity index (χ0n) is 11.8. The maximum atomic E-state index is 12.0. The van der Waals surface area contributed by atoms with E-state index < -0.39 is 5.97 Å². The van der Waals surface area contributed by atoms with Crippen LogP contribution in [0.4, 0.5) is 0 Å². The second-order valence-corrected chi connectivity index (χ2v) is 5.51. The minimum absolute atomic E-state index is 0.0887. The number of aryl methyl sites for hydroxylation is 1. The van der Waals surface area contributed by atoms with Gasteiger partial charge in [0.2, 0.25) is 5.91 Å². The molecule has 1 aromatic carbocycles. The number of carbonyl (C=O) groups is 2. The molecule has 0 heterocycles. The Morgan fingerprint density at radius 2 is 2.00 bits per heavy atom. The van der Waals surface area contributed by atoms with Crippen molar-refractivity contribution in [1.82, 2.24) is 4.90 Å². The summed E-state index contributed by atoms with van der Waals surface area (Å²) in [5.41, 5.74) is 1.02. The standard InChI is InChI=1S/C16H21NO3/c1-17(11-10-12-6-7-12)15(18)9-8-13-4-2-3-5-14(13)16(19)20/h2-5,12H,6-11H2,1H3,(H,19,20). The van der Waals surface area contributed by atoms with E-state index in [1.54, 1.807) is 23.1 Å². The van der Waals surface area contributed by atoms with Gasteiger partial charge in [-0.2, -0.15) is 0 Å². The maximum Gasteiger partial charge on any atom is 0.335 e. The lowest BCUT2D eigenvalue weighted by Crippen LogP contribution is -2.28. The van der Waals surface area contributed by atoms with Crippen molar-refractivity contribution < 1.29 is 14.7 Å². The second kappa shape index (κ2) is 6.55. The summed E-state index contributed by atoms with van der Waals surface area (Å²) in [5, 5.41) is 9.10. The quantitative estimate of drug-likeness (QED) is 0.832. The summed E-state index contributed by atoms with van der Waals surface area (Å²) in [7, 11) is 1.83. The maximum absolute atomic E-state index is 12.0. The van der Waals surface area contributed by atoms with Crippen LogP contribution in [0, 0.1) is 5.92 Å². The summed E-state index contributed by atoms with van der Waals surface area (Å²) in [5.74, 6) is -0.0287. The van der Waals surface area contributed by atoms with Crippen LogP contribution in [0.15, 0.2) is 24.3 Å². The number of carboxylic acids is 1. The first kappa shape index (κ1) is 14.6. The molecule has 20 heavy (non-hydrogen) atoms. The average Bonchev–Trinajstić information content (AvgIpc) is 3.26. The molecule has 0 unspecified atom stereocenters. The monoisotopic (exact) mass is 275 g/mol. The van der Waals surface area contributed by atoms with Crippen LogP contribution in [0.25, 0.3) is 0 Å². The summed E-state index contributed by atoms with van der Waals surface area (Å²) >= 11 is 0. The molecule has 4 heteroatoms. The number of nitrogens with zero attached hydrogens (tertiary/aromatic N) is 1. The van der Waals surface area contributed by atoms with Crippen molar-refractivity contribution in [3.8, 4) is 0 Å². The van der Waals surface area contributed by atoms with E-state index in [4.69, 9.17) is 5.11 Å². The van der Waals surface area contributed by atoms with Gasteiger partial charge in [-0.1, -0.05) is 31.0 Å². The van der Waals surface area contributed by atoms with Crippen molar-refractivity contribution in [2.45, 2.75) is 32.1 Å². The Kier molecular flexibility index (Phi) is 4.77. The molecule has 0 spiro atoms. The number of aromatic carboxylic acids is 1.